The normalized spacial score (nSPS) is 10.7. The van der Waals surface area contributed by atoms with E-state index in [0.717, 1.165) is 0 Å². The fourth-order valence-electron chi connectivity index (χ4n) is 0.413. The van der Waals surface area contributed by atoms with Crippen LogP contribution in [0.15, 0.2) is 0 Å². The van der Waals surface area contributed by atoms with Gasteiger partial charge in [0.25, 0.3) is 0 Å². The number of halogens is 2. The molecule has 0 saturated carbocycles. The maximum Gasteiger partial charge on any atom is 0.244 e. The van der Waals surface area contributed by atoms with Gasteiger partial charge in [0, 0.05) is 0 Å². The van der Waals surface area contributed by atoms with Crippen molar-refractivity contribution in [3.63, 3.8) is 0 Å². The van der Waals surface area contributed by atoms with Gasteiger partial charge >= 0.3 is 0 Å². The van der Waals surface area contributed by atoms with E-state index in [1.807, 2.05) is 0 Å². The van der Waals surface area contributed by atoms with Crippen molar-refractivity contribution in [3.05, 3.63) is 0 Å². The first-order valence-corrected chi connectivity index (χ1v) is 4.75. The molecule has 0 unspecified atom stereocenters. The lowest BCUT2D eigenvalue weighted by atomic mass is 10.3. The SMILES string of the molecule is O=C(NC(CO)CO)C(Br)Br. The van der Waals surface area contributed by atoms with Crippen LogP contribution in [0.3, 0.4) is 0 Å². The summed E-state index contributed by atoms with van der Waals surface area (Å²) in [5, 5.41) is 19.5. The Bertz CT molecular complexity index is 127. The molecule has 1 amide bonds. The summed E-state index contributed by atoms with van der Waals surface area (Å²) in [5.41, 5.74) is 0. The summed E-state index contributed by atoms with van der Waals surface area (Å²) in [4.78, 5) is 10.8. The molecule has 0 radical (unpaired) electrons. The van der Waals surface area contributed by atoms with Crippen LogP contribution in [0.5, 0.6) is 0 Å². The predicted molar refractivity (Wildman–Crippen MR) is 47.7 cm³/mol. The summed E-state index contributed by atoms with van der Waals surface area (Å²) in [5.74, 6) is -0.321. The molecule has 11 heavy (non-hydrogen) atoms. The minimum Gasteiger partial charge on any atom is -0.394 e. The van der Waals surface area contributed by atoms with Crippen molar-refractivity contribution in [2.24, 2.45) is 0 Å². The van der Waals surface area contributed by atoms with Gasteiger partial charge in [0.2, 0.25) is 5.91 Å². The number of carbonyl (C=O) groups is 1. The van der Waals surface area contributed by atoms with Gasteiger partial charge in [-0.05, 0) is 0 Å². The third-order valence-electron chi connectivity index (χ3n) is 0.985. The van der Waals surface area contributed by atoms with Gasteiger partial charge in [0.05, 0.1) is 19.3 Å². The summed E-state index contributed by atoms with van der Waals surface area (Å²) >= 11 is 5.94. The number of hydrogen-bond donors (Lipinski definition) is 3. The van der Waals surface area contributed by atoms with Gasteiger partial charge < -0.3 is 15.5 Å². The Morgan fingerprint density at radius 2 is 1.82 bits per heavy atom. The van der Waals surface area contributed by atoms with Crippen LogP contribution < -0.4 is 5.32 Å². The summed E-state index contributed by atoms with van der Waals surface area (Å²) in [6.07, 6.45) is 0. The Morgan fingerprint density at radius 3 is 2.09 bits per heavy atom. The lowest BCUT2D eigenvalue weighted by Crippen LogP contribution is -2.42. The monoisotopic (exact) mass is 289 g/mol. The van der Waals surface area contributed by atoms with Gasteiger partial charge in [-0.25, -0.2) is 0 Å². The molecule has 0 heterocycles. The fourth-order valence-corrected chi connectivity index (χ4v) is 0.678. The van der Waals surface area contributed by atoms with Crippen LogP contribution in [-0.2, 0) is 4.79 Å². The second kappa shape index (κ2) is 5.93. The molecule has 4 nitrogen and oxygen atoms in total. The number of amides is 1. The molecule has 0 saturated heterocycles. The van der Waals surface area contributed by atoms with Gasteiger partial charge in [-0.1, -0.05) is 31.9 Å². The zero-order valence-electron chi connectivity index (χ0n) is 5.63. The average Bonchev–Trinajstić information content (AvgIpc) is 1.99. The predicted octanol–water partition coefficient (Wildman–Crippen LogP) is -0.428. The molecule has 3 N–H and O–H groups in total. The highest BCUT2D eigenvalue weighted by atomic mass is 79.9. The first-order valence-electron chi connectivity index (χ1n) is 2.92. The highest BCUT2D eigenvalue weighted by Gasteiger charge is 2.14. The number of aliphatic hydroxyl groups is 2. The van der Waals surface area contributed by atoms with E-state index in [9.17, 15) is 4.79 Å². The minimum absolute atomic E-state index is 0.269. The molecular formula is C5H9Br2NO3. The number of aliphatic hydroxyl groups excluding tert-OH is 2. The van der Waals surface area contributed by atoms with Crippen LogP contribution in [0, 0.1) is 0 Å². The van der Waals surface area contributed by atoms with Crippen molar-refractivity contribution in [2.45, 2.75) is 9.78 Å². The van der Waals surface area contributed by atoms with E-state index in [1.165, 1.54) is 0 Å². The van der Waals surface area contributed by atoms with Crippen molar-refractivity contribution >= 4 is 37.8 Å². The molecule has 0 bridgehead atoms. The van der Waals surface area contributed by atoms with Crippen LogP contribution in [0.2, 0.25) is 0 Å². The maximum atomic E-state index is 10.8. The molecule has 0 aromatic heterocycles. The lowest BCUT2D eigenvalue weighted by Gasteiger charge is -2.13. The summed E-state index contributed by atoms with van der Waals surface area (Å²) in [7, 11) is 0. The first kappa shape index (κ1) is 11.4. The molecular weight excluding hydrogens is 282 g/mol. The maximum absolute atomic E-state index is 10.8. The standard InChI is InChI=1S/C5H9Br2NO3/c6-4(7)5(11)8-3(1-9)2-10/h3-4,9-10H,1-2H2,(H,8,11). The van der Waals surface area contributed by atoms with Crippen LogP contribution in [0.4, 0.5) is 0 Å². The summed E-state index contributed by atoms with van der Waals surface area (Å²) in [6.45, 7) is -0.538. The molecule has 66 valence electrons. The van der Waals surface area contributed by atoms with E-state index < -0.39 is 9.78 Å². The number of rotatable bonds is 4. The fraction of sp³-hybridized carbons (Fsp3) is 0.800. The topological polar surface area (TPSA) is 69.6 Å². The Hall–Kier alpha value is 0.350. The third-order valence-corrected chi connectivity index (χ3v) is 1.82. The van der Waals surface area contributed by atoms with Gasteiger partial charge in [-0.15, -0.1) is 0 Å². The Kier molecular flexibility index (Phi) is 6.12. The quantitative estimate of drug-likeness (QED) is 0.616. The molecule has 0 fully saturated rings. The van der Waals surface area contributed by atoms with Crippen molar-refractivity contribution in [2.75, 3.05) is 13.2 Å². The third kappa shape index (κ3) is 4.73. The Labute approximate surface area is 81.2 Å². The smallest absolute Gasteiger partial charge is 0.244 e. The van der Waals surface area contributed by atoms with Crippen LogP contribution in [0.25, 0.3) is 0 Å². The zero-order valence-corrected chi connectivity index (χ0v) is 8.80. The largest absolute Gasteiger partial charge is 0.394 e. The molecule has 0 rings (SSSR count). The zero-order chi connectivity index (χ0) is 8.85. The van der Waals surface area contributed by atoms with E-state index in [4.69, 9.17) is 10.2 Å². The number of hydrogen-bond acceptors (Lipinski definition) is 3. The number of carbonyl (C=O) groups excluding carboxylic acids is 1. The van der Waals surface area contributed by atoms with Crippen LogP contribution >= 0.6 is 31.9 Å². The van der Waals surface area contributed by atoms with Crippen molar-refractivity contribution < 1.29 is 15.0 Å². The molecule has 0 aliphatic heterocycles. The Morgan fingerprint density at radius 1 is 1.36 bits per heavy atom. The average molecular weight is 291 g/mol. The summed E-state index contributed by atoms with van der Waals surface area (Å²) in [6, 6.07) is -0.583. The molecule has 0 spiro atoms. The van der Waals surface area contributed by atoms with Crippen molar-refractivity contribution in [1.82, 2.24) is 5.32 Å². The number of alkyl halides is 2. The Balaban J connectivity index is 3.72. The van der Waals surface area contributed by atoms with Crippen LogP contribution in [0.1, 0.15) is 0 Å². The van der Waals surface area contributed by atoms with E-state index in [-0.39, 0.29) is 19.1 Å². The molecule has 0 aliphatic carbocycles. The highest BCUT2D eigenvalue weighted by molar-refractivity contribution is 9.25. The highest BCUT2D eigenvalue weighted by Crippen LogP contribution is 2.07. The van der Waals surface area contributed by atoms with Crippen molar-refractivity contribution in [3.8, 4) is 0 Å². The van der Waals surface area contributed by atoms with Gasteiger partial charge in [0.1, 0.15) is 3.74 Å². The molecule has 0 atom stereocenters. The van der Waals surface area contributed by atoms with Gasteiger partial charge in [-0.2, -0.15) is 0 Å². The summed E-state index contributed by atoms with van der Waals surface area (Å²) < 4.78 is -0.490. The van der Waals surface area contributed by atoms with Crippen LogP contribution in [-0.4, -0.2) is 39.1 Å². The second-order valence-electron chi connectivity index (χ2n) is 1.87. The first-order chi connectivity index (χ1) is 5.11. The minimum atomic E-state index is -0.583. The molecule has 0 aromatic carbocycles. The van der Waals surface area contributed by atoms with Crippen molar-refractivity contribution in [1.29, 1.82) is 0 Å². The van der Waals surface area contributed by atoms with Gasteiger partial charge in [-0.3, -0.25) is 4.79 Å². The number of nitrogens with one attached hydrogen (secondary N) is 1. The lowest BCUT2D eigenvalue weighted by molar-refractivity contribution is -0.120. The van der Waals surface area contributed by atoms with E-state index >= 15 is 0 Å². The van der Waals surface area contributed by atoms with E-state index in [0.29, 0.717) is 0 Å². The molecule has 0 aliphatic rings. The van der Waals surface area contributed by atoms with Gasteiger partial charge in [0.15, 0.2) is 0 Å². The van der Waals surface area contributed by atoms with E-state index in [2.05, 4.69) is 37.2 Å². The second-order valence-corrected chi connectivity index (χ2v) is 4.93. The molecule has 6 heteroatoms. The van der Waals surface area contributed by atoms with E-state index in [1.54, 1.807) is 0 Å². The molecule has 0 aromatic rings.